The lowest BCUT2D eigenvalue weighted by Gasteiger charge is -2.19. The minimum absolute atomic E-state index is 0.114. The largest absolute Gasteiger partial charge is 0.457 e. The van der Waals surface area contributed by atoms with Gasteiger partial charge in [0.2, 0.25) is 10.0 Å². The van der Waals surface area contributed by atoms with Crippen LogP contribution in [0, 0.1) is 0 Å². The molecule has 0 aliphatic carbocycles. The maximum Gasteiger partial charge on any atom is 0.344 e. The minimum Gasteiger partial charge on any atom is -0.457 e. The van der Waals surface area contributed by atoms with Gasteiger partial charge < -0.3 is 9.47 Å². The summed E-state index contributed by atoms with van der Waals surface area (Å²) in [6, 6.07) is 12.2. The quantitative estimate of drug-likeness (QED) is 0.725. The lowest BCUT2D eigenvalue weighted by molar-refractivity contribution is -0.166. The van der Waals surface area contributed by atoms with E-state index >= 15 is 0 Å². The van der Waals surface area contributed by atoms with Crippen molar-refractivity contribution in [2.24, 2.45) is 0 Å². The molecule has 0 amide bonds. The van der Waals surface area contributed by atoms with E-state index in [1.807, 2.05) is 24.3 Å². The van der Waals surface area contributed by atoms with Crippen LogP contribution < -0.4 is 4.72 Å². The molecule has 0 spiro atoms. The van der Waals surface area contributed by atoms with E-state index in [1.165, 1.54) is 6.07 Å². The van der Waals surface area contributed by atoms with Crippen LogP contribution in [0.2, 0.25) is 0 Å². The molecule has 0 saturated heterocycles. The molecule has 7 nitrogen and oxygen atoms in total. The predicted octanol–water partition coefficient (Wildman–Crippen LogP) is 2.39. The van der Waals surface area contributed by atoms with Crippen molar-refractivity contribution < 1.29 is 27.5 Å². The fourth-order valence-electron chi connectivity index (χ4n) is 2.29. The summed E-state index contributed by atoms with van der Waals surface area (Å²) in [7, 11) is -3.75. The molecule has 0 bridgehead atoms. The van der Waals surface area contributed by atoms with Crippen LogP contribution in [-0.2, 0) is 29.1 Å². The van der Waals surface area contributed by atoms with Gasteiger partial charge in [0.1, 0.15) is 5.60 Å². The van der Waals surface area contributed by atoms with E-state index < -0.39 is 34.2 Å². The number of rotatable bonds is 7. The summed E-state index contributed by atoms with van der Waals surface area (Å²) in [6.07, 6.45) is -0.199. The van der Waals surface area contributed by atoms with Crippen molar-refractivity contribution >= 4 is 32.7 Å². The zero-order valence-corrected chi connectivity index (χ0v) is 16.3. The van der Waals surface area contributed by atoms with Crippen LogP contribution in [0.5, 0.6) is 0 Å². The van der Waals surface area contributed by atoms with E-state index in [2.05, 4.69) is 4.72 Å². The molecule has 2 rings (SSSR count). The highest BCUT2D eigenvalue weighted by atomic mass is 32.2. The smallest absolute Gasteiger partial charge is 0.344 e. The summed E-state index contributed by atoms with van der Waals surface area (Å²) in [5.41, 5.74) is -0.668. The highest BCUT2D eigenvalue weighted by molar-refractivity contribution is 7.89. The van der Waals surface area contributed by atoms with E-state index in [4.69, 9.17) is 9.47 Å². The first kappa shape index (κ1) is 20.9. The van der Waals surface area contributed by atoms with Crippen LogP contribution >= 0.6 is 0 Å². The number of hydrogen-bond donors (Lipinski definition) is 1. The lowest BCUT2D eigenvalue weighted by atomic mass is 10.1. The van der Waals surface area contributed by atoms with Gasteiger partial charge in [-0.25, -0.2) is 17.9 Å². The number of benzene rings is 2. The van der Waals surface area contributed by atoms with Gasteiger partial charge >= 0.3 is 11.9 Å². The zero-order chi connectivity index (χ0) is 20.1. The van der Waals surface area contributed by atoms with Crippen molar-refractivity contribution in [3.63, 3.8) is 0 Å². The number of carbonyl (C=O) groups excluding carboxylic acids is 2. The monoisotopic (exact) mass is 393 g/mol. The molecular weight excluding hydrogens is 370 g/mol. The molecular formula is C19H23NO6S. The van der Waals surface area contributed by atoms with Gasteiger partial charge in [0.15, 0.2) is 6.61 Å². The average molecular weight is 393 g/mol. The lowest BCUT2D eigenvalue weighted by Crippen LogP contribution is -2.29. The molecule has 0 atom stereocenters. The maximum absolute atomic E-state index is 12.3. The van der Waals surface area contributed by atoms with E-state index in [9.17, 15) is 18.0 Å². The number of nitrogens with one attached hydrogen (secondary N) is 1. The van der Waals surface area contributed by atoms with Crippen LogP contribution in [0.3, 0.4) is 0 Å². The third-order valence-electron chi connectivity index (χ3n) is 3.42. The summed E-state index contributed by atoms with van der Waals surface area (Å²) in [5.74, 6) is -1.35. The number of carbonyl (C=O) groups is 2. The number of ether oxygens (including phenoxy) is 2. The van der Waals surface area contributed by atoms with Gasteiger partial charge in [0.05, 0.1) is 11.3 Å². The molecule has 8 heteroatoms. The second kappa shape index (κ2) is 8.49. The van der Waals surface area contributed by atoms with Gasteiger partial charge in [-0.3, -0.25) is 4.79 Å². The second-order valence-corrected chi connectivity index (χ2v) is 8.67. The summed E-state index contributed by atoms with van der Waals surface area (Å²) in [4.78, 5) is 23.2. The number of fused-ring (bicyclic) bond motifs is 1. The first-order valence-electron chi connectivity index (χ1n) is 8.43. The van der Waals surface area contributed by atoms with Crippen molar-refractivity contribution in [1.82, 2.24) is 4.72 Å². The third-order valence-corrected chi connectivity index (χ3v) is 4.88. The Bertz CT molecular complexity index is 931. The molecule has 0 unspecified atom stereocenters. The van der Waals surface area contributed by atoms with Crippen molar-refractivity contribution in [3.05, 3.63) is 42.5 Å². The van der Waals surface area contributed by atoms with Crippen molar-refractivity contribution in [2.75, 3.05) is 13.2 Å². The van der Waals surface area contributed by atoms with Gasteiger partial charge in [-0.05, 0) is 43.7 Å². The fraction of sp³-hybridized carbons (Fsp3) is 0.368. The van der Waals surface area contributed by atoms with E-state index in [1.54, 1.807) is 32.9 Å². The normalized spacial score (nSPS) is 12.0. The van der Waals surface area contributed by atoms with Crippen LogP contribution in [0.1, 0.15) is 27.2 Å². The van der Waals surface area contributed by atoms with Crippen LogP contribution in [0.25, 0.3) is 10.8 Å². The molecule has 0 fully saturated rings. The Labute approximate surface area is 158 Å². The topological polar surface area (TPSA) is 98.8 Å². The Morgan fingerprint density at radius 2 is 1.67 bits per heavy atom. The van der Waals surface area contributed by atoms with Crippen LogP contribution in [-0.4, -0.2) is 39.1 Å². The summed E-state index contributed by atoms with van der Waals surface area (Å²) < 4.78 is 36.8. The van der Waals surface area contributed by atoms with Crippen LogP contribution in [0.4, 0.5) is 0 Å². The third kappa shape index (κ3) is 6.65. The SMILES string of the molecule is CC(C)(C)OC(=O)COC(=O)CCNS(=O)(=O)c1ccc2ccccc2c1. The molecule has 0 saturated carbocycles. The minimum atomic E-state index is -3.75. The first-order chi connectivity index (χ1) is 12.6. The van der Waals surface area contributed by atoms with Gasteiger partial charge in [-0.1, -0.05) is 30.3 Å². The molecule has 2 aromatic carbocycles. The molecule has 1 N–H and O–H groups in total. The molecule has 0 radical (unpaired) electrons. The Morgan fingerprint density at radius 1 is 1.00 bits per heavy atom. The van der Waals surface area contributed by atoms with E-state index in [0.717, 1.165) is 10.8 Å². The Hall–Kier alpha value is -2.45. The average Bonchev–Trinajstić information content (AvgIpc) is 2.58. The Kier molecular flexibility index (Phi) is 6.56. The fourth-order valence-corrected chi connectivity index (χ4v) is 3.35. The van der Waals surface area contributed by atoms with Crippen molar-refractivity contribution in [3.8, 4) is 0 Å². The molecule has 0 heterocycles. The van der Waals surface area contributed by atoms with Gasteiger partial charge in [0.25, 0.3) is 0 Å². The number of hydrogen-bond acceptors (Lipinski definition) is 6. The van der Waals surface area contributed by atoms with Gasteiger partial charge in [0, 0.05) is 6.54 Å². The highest BCUT2D eigenvalue weighted by Crippen LogP contribution is 2.18. The number of sulfonamides is 1. The summed E-state index contributed by atoms with van der Waals surface area (Å²) >= 11 is 0. The molecule has 0 aliphatic heterocycles. The van der Waals surface area contributed by atoms with Crippen molar-refractivity contribution in [2.45, 2.75) is 37.7 Å². The van der Waals surface area contributed by atoms with Crippen molar-refractivity contribution in [1.29, 1.82) is 0 Å². The number of esters is 2. The first-order valence-corrected chi connectivity index (χ1v) is 9.91. The summed E-state index contributed by atoms with van der Waals surface area (Å²) in [6.45, 7) is 4.46. The predicted molar refractivity (Wildman–Crippen MR) is 101 cm³/mol. The van der Waals surface area contributed by atoms with Gasteiger partial charge in [-0.15, -0.1) is 0 Å². The molecule has 0 aromatic heterocycles. The highest BCUT2D eigenvalue weighted by Gasteiger charge is 2.18. The molecule has 0 aliphatic rings. The summed E-state index contributed by atoms with van der Waals surface area (Å²) in [5, 5.41) is 1.74. The standard InChI is InChI=1S/C19H23NO6S/c1-19(2,3)26-18(22)13-25-17(21)10-11-20-27(23,24)16-9-8-14-6-4-5-7-15(14)12-16/h4-9,12,20H,10-11,13H2,1-3H3. The van der Waals surface area contributed by atoms with E-state index in [-0.39, 0.29) is 17.9 Å². The molecule has 27 heavy (non-hydrogen) atoms. The Balaban J connectivity index is 1.84. The molecule has 146 valence electrons. The van der Waals surface area contributed by atoms with Crippen LogP contribution in [0.15, 0.2) is 47.4 Å². The van der Waals surface area contributed by atoms with Gasteiger partial charge in [-0.2, -0.15) is 0 Å². The second-order valence-electron chi connectivity index (χ2n) is 6.90. The van der Waals surface area contributed by atoms with E-state index in [0.29, 0.717) is 0 Å². The zero-order valence-electron chi connectivity index (χ0n) is 15.5. The Morgan fingerprint density at radius 3 is 2.33 bits per heavy atom. The molecule has 2 aromatic rings. The maximum atomic E-state index is 12.3.